The van der Waals surface area contributed by atoms with Crippen molar-refractivity contribution in [3.63, 3.8) is 0 Å². The van der Waals surface area contributed by atoms with Gasteiger partial charge in [0.05, 0.1) is 5.69 Å². The van der Waals surface area contributed by atoms with E-state index in [0.29, 0.717) is 13.1 Å². The van der Waals surface area contributed by atoms with Crippen LogP contribution >= 0.6 is 11.5 Å². The number of carbonyl (C=O) groups is 1. The number of urea groups is 1. The molecule has 30 heavy (non-hydrogen) atoms. The highest BCUT2D eigenvalue weighted by atomic mass is 32.1. The monoisotopic (exact) mass is 415 g/mol. The maximum absolute atomic E-state index is 12.8. The standard InChI is InChI=1S/C23H21N5OS/c29-22(24-20-12-6-10-17-7-4-5-11-19(17)20)27-13-15-28(16-14-27)23-25-21(26-30-23)18-8-2-1-3-9-18/h1-12H,13-16H2,(H,24,29). The fourth-order valence-electron chi connectivity index (χ4n) is 3.68. The van der Waals surface area contributed by atoms with Crippen molar-refractivity contribution in [2.24, 2.45) is 0 Å². The van der Waals surface area contributed by atoms with Gasteiger partial charge >= 0.3 is 6.03 Å². The molecule has 5 rings (SSSR count). The van der Waals surface area contributed by atoms with Crippen molar-refractivity contribution in [2.75, 3.05) is 36.4 Å². The van der Waals surface area contributed by atoms with Gasteiger partial charge in [-0.3, -0.25) is 0 Å². The molecule has 0 unspecified atom stereocenters. The summed E-state index contributed by atoms with van der Waals surface area (Å²) in [5.41, 5.74) is 1.87. The average molecular weight is 416 g/mol. The Hall–Kier alpha value is -3.45. The van der Waals surface area contributed by atoms with Gasteiger partial charge in [-0.05, 0) is 11.5 Å². The first-order chi connectivity index (χ1) is 14.8. The molecule has 0 saturated carbocycles. The minimum absolute atomic E-state index is 0.0618. The molecule has 1 aromatic heterocycles. The second-order valence-electron chi connectivity index (χ2n) is 7.20. The number of rotatable bonds is 3. The number of aromatic nitrogens is 2. The van der Waals surface area contributed by atoms with Gasteiger partial charge in [-0.25, -0.2) is 4.79 Å². The van der Waals surface area contributed by atoms with Gasteiger partial charge in [-0.1, -0.05) is 66.7 Å². The van der Waals surface area contributed by atoms with Crippen LogP contribution in [0, 0.1) is 0 Å². The maximum Gasteiger partial charge on any atom is 0.321 e. The van der Waals surface area contributed by atoms with E-state index in [1.54, 1.807) is 0 Å². The summed E-state index contributed by atoms with van der Waals surface area (Å²) in [6.07, 6.45) is 0. The second-order valence-corrected chi connectivity index (χ2v) is 7.93. The van der Waals surface area contributed by atoms with Crippen LogP contribution in [0.2, 0.25) is 0 Å². The third-order valence-electron chi connectivity index (χ3n) is 5.32. The van der Waals surface area contributed by atoms with Crippen molar-refractivity contribution in [3.05, 3.63) is 72.8 Å². The maximum atomic E-state index is 12.8. The van der Waals surface area contributed by atoms with Crippen LogP contribution in [0.3, 0.4) is 0 Å². The summed E-state index contributed by atoms with van der Waals surface area (Å²) >= 11 is 1.41. The van der Waals surface area contributed by atoms with Crippen LogP contribution in [-0.2, 0) is 0 Å². The van der Waals surface area contributed by atoms with E-state index >= 15 is 0 Å². The molecule has 0 atom stereocenters. The lowest BCUT2D eigenvalue weighted by molar-refractivity contribution is 0.208. The van der Waals surface area contributed by atoms with Gasteiger partial charge in [0.15, 0.2) is 5.82 Å². The molecule has 1 N–H and O–H groups in total. The third kappa shape index (κ3) is 3.71. The van der Waals surface area contributed by atoms with Crippen LogP contribution in [0.1, 0.15) is 0 Å². The molecule has 0 radical (unpaired) electrons. The van der Waals surface area contributed by atoms with Crippen LogP contribution in [0.15, 0.2) is 72.8 Å². The molecule has 1 fully saturated rings. The SMILES string of the molecule is O=C(Nc1cccc2ccccc12)N1CCN(c2nc(-c3ccccc3)ns2)CC1. The van der Waals surface area contributed by atoms with E-state index in [1.807, 2.05) is 65.6 Å². The van der Waals surface area contributed by atoms with E-state index in [9.17, 15) is 4.79 Å². The number of piperazine rings is 1. The summed E-state index contributed by atoms with van der Waals surface area (Å²) in [6.45, 7) is 2.78. The molecule has 150 valence electrons. The Morgan fingerprint density at radius 3 is 2.43 bits per heavy atom. The van der Waals surface area contributed by atoms with Crippen molar-refractivity contribution < 1.29 is 4.79 Å². The van der Waals surface area contributed by atoms with Gasteiger partial charge < -0.3 is 15.1 Å². The first-order valence-electron chi connectivity index (χ1n) is 9.96. The first-order valence-corrected chi connectivity index (χ1v) is 10.7. The van der Waals surface area contributed by atoms with E-state index in [-0.39, 0.29) is 6.03 Å². The Labute approximate surface area is 178 Å². The third-order valence-corrected chi connectivity index (χ3v) is 6.09. The predicted molar refractivity (Wildman–Crippen MR) is 122 cm³/mol. The number of benzene rings is 3. The highest BCUT2D eigenvalue weighted by molar-refractivity contribution is 7.09. The Kier molecular flexibility index (Phi) is 5.03. The van der Waals surface area contributed by atoms with Gasteiger partial charge in [-0.2, -0.15) is 9.36 Å². The number of hydrogen-bond acceptors (Lipinski definition) is 5. The Morgan fingerprint density at radius 2 is 1.60 bits per heavy atom. The molecular weight excluding hydrogens is 394 g/mol. The molecule has 4 aromatic rings. The molecule has 3 aromatic carbocycles. The molecule has 7 heteroatoms. The average Bonchev–Trinajstić information content (AvgIpc) is 3.30. The van der Waals surface area contributed by atoms with Crippen molar-refractivity contribution >= 4 is 39.2 Å². The lowest BCUT2D eigenvalue weighted by atomic mass is 10.1. The van der Waals surface area contributed by atoms with Crippen LogP contribution < -0.4 is 10.2 Å². The van der Waals surface area contributed by atoms with E-state index < -0.39 is 0 Å². The van der Waals surface area contributed by atoms with Crippen molar-refractivity contribution in [3.8, 4) is 11.4 Å². The molecular formula is C23H21N5OS. The summed E-state index contributed by atoms with van der Waals surface area (Å²) in [6, 6.07) is 24.0. The van der Waals surface area contributed by atoms with E-state index in [4.69, 9.17) is 4.98 Å². The quantitative estimate of drug-likeness (QED) is 0.526. The molecule has 6 nitrogen and oxygen atoms in total. The van der Waals surface area contributed by atoms with Crippen molar-refractivity contribution in [2.45, 2.75) is 0 Å². The molecule has 0 spiro atoms. The molecule has 2 heterocycles. The molecule has 0 aliphatic carbocycles. The van der Waals surface area contributed by atoms with Crippen molar-refractivity contribution in [1.29, 1.82) is 0 Å². The van der Waals surface area contributed by atoms with Gasteiger partial charge in [0.25, 0.3) is 0 Å². The van der Waals surface area contributed by atoms with Crippen LogP contribution in [-0.4, -0.2) is 46.5 Å². The van der Waals surface area contributed by atoms with E-state index in [1.165, 1.54) is 11.5 Å². The Bertz CT molecular complexity index is 1160. The van der Waals surface area contributed by atoms with Crippen LogP contribution in [0.4, 0.5) is 15.6 Å². The molecule has 1 saturated heterocycles. The Morgan fingerprint density at radius 1 is 0.867 bits per heavy atom. The van der Waals surface area contributed by atoms with Gasteiger partial charge in [0.1, 0.15) is 0 Å². The molecule has 2 amide bonds. The highest BCUT2D eigenvalue weighted by Crippen LogP contribution is 2.26. The van der Waals surface area contributed by atoms with E-state index in [0.717, 1.165) is 46.1 Å². The summed E-state index contributed by atoms with van der Waals surface area (Å²) in [5, 5.41) is 6.15. The second kappa shape index (κ2) is 8.12. The minimum Gasteiger partial charge on any atom is -0.343 e. The minimum atomic E-state index is -0.0618. The number of carbonyl (C=O) groups excluding carboxylic acids is 1. The molecule has 0 bridgehead atoms. The zero-order chi connectivity index (χ0) is 20.3. The number of hydrogen-bond donors (Lipinski definition) is 1. The summed E-state index contributed by atoms with van der Waals surface area (Å²) in [4.78, 5) is 21.6. The molecule has 1 aliphatic rings. The van der Waals surface area contributed by atoms with Crippen molar-refractivity contribution in [1.82, 2.24) is 14.3 Å². The fourth-order valence-corrected chi connectivity index (χ4v) is 4.42. The first kappa shape index (κ1) is 18.6. The van der Waals surface area contributed by atoms with Gasteiger partial charge in [-0.15, -0.1) is 0 Å². The van der Waals surface area contributed by atoms with Crippen LogP contribution in [0.5, 0.6) is 0 Å². The zero-order valence-corrected chi connectivity index (χ0v) is 17.2. The lowest BCUT2D eigenvalue weighted by Gasteiger charge is -2.34. The summed E-state index contributed by atoms with van der Waals surface area (Å²) in [7, 11) is 0. The Balaban J connectivity index is 1.23. The highest BCUT2D eigenvalue weighted by Gasteiger charge is 2.23. The fraction of sp³-hybridized carbons (Fsp3) is 0.174. The van der Waals surface area contributed by atoms with Gasteiger partial charge in [0.2, 0.25) is 5.13 Å². The predicted octanol–water partition coefficient (Wildman–Crippen LogP) is 4.71. The number of nitrogens with zero attached hydrogens (tertiary/aromatic N) is 4. The van der Waals surface area contributed by atoms with Crippen LogP contribution in [0.25, 0.3) is 22.2 Å². The normalized spacial score (nSPS) is 14.1. The number of anilines is 2. The van der Waals surface area contributed by atoms with Gasteiger partial charge in [0, 0.05) is 48.7 Å². The topological polar surface area (TPSA) is 61.4 Å². The zero-order valence-electron chi connectivity index (χ0n) is 16.4. The summed E-state index contributed by atoms with van der Waals surface area (Å²) < 4.78 is 4.50. The smallest absolute Gasteiger partial charge is 0.321 e. The largest absolute Gasteiger partial charge is 0.343 e. The molecule has 1 aliphatic heterocycles. The summed E-state index contributed by atoms with van der Waals surface area (Å²) in [5.74, 6) is 0.756. The number of amides is 2. The van der Waals surface area contributed by atoms with E-state index in [2.05, 4.69) is 26.7 Å². The number of fused-ring (bicyclic) bond motifs is 1. The lowest BCUT2D eigenvalue weighted by Crippen LogP contribution is -2.50. The number of nitrogens with one attached hydrogen (secondary N) is 1.